The molecule has 0 aliphatic heterocycles. The quantitative estimate of drug-likeness (QED) is 0.570. The molecule has 2 fully saturated rings. The van der Waals surface area contributed by atoms with Gasteiger partial charge in [0.05, 0.1) is 12.7 Å². The summed E-state index contributed by atoms with van der Waals surface area (Å²) in [4.78, 5) is 0. The molecule has 2 aliphatic carbocycles. The molecular formula is C12H22N2OS. The molecule has 0 heterocycles. The number of ether oxygens (including phenoxy) is 1. The smallest absolute Gasteiger partial charge is 0.166 e. The first-order valence-corrected chi connectivity index (χ1v) is 6.91. The van der Waals surface area contributed by atoms with Gasteiger partial charge in [-0.3, -0.25) is 0 Å². The fourth-order valence-corrected chi connectivity index (χ4v) is 2.35. The maximum atomic E-state index is 5.80. The Morgan fingerprint density at radius 1 is 1.12 bits per heavy atom. The molecule has 92 valence electrons. The van der Waals surface area contributed by atoms with Crippen LogP contribution in [0.2, 0.25) is 0 Å². The van der Waals surface area contributed by atoms with Crippen LogP contribution >= 0.6 is 12.2 Å². The molecule has 0 amide bonds. The molecule has 0 aromatic carbocycles. The van der Waals surface area contributed by atoms with E-state index in [1.807, 2.05) is 0 Å². The Kier molecular flexibility index (Phi) is 4.85. The van der Waals surface area contributed by atoms with Gasteiger partial charge in [0, 0.05) is 12.6 Å². The lowest BCUT2D eigenvalue weighted by Gasteiger charge is -2.22. The maximum Gasteiger partial charge on any atom is 0.166 e. The Morgan fingerprint density at radius 3 is 2.56 bits per heavy atom. The zero-order valence-corrected chi connectivity index (χ0v) is 10.7. The highest BCUT2D eigenvalue weighted by atomic mass is 32.1. The van der Waals surface area contributed by atoms with E-state index in [0.717, 1.165) is 18.3 Å². The summed E-state index contributed by atoms with van der Waals surface area (Å²) in [5, 5.41) is 7.23. The summed E-state index contributed by atoms with van der Waals surface area (Å²) in [6, 6.07) is 0.638. The lowest BCUT2D eigenvalue weighted by Crippen LogP contribution is -2.38. The van der Waals surface area contributed by atoms with Gasteiger partial charge in [0.2, 0.25) is 0 Å². The molecule has 0 spiro atoms. The minimum atomic E-state index is 0.500. The van der Waals surface area contributed by atoms with Gasteiger partial charge in [0.1, 0.15) is 0 Å². The van der Waals surface area contributed by atoms with Crippen LogP contribution in [0.15, 0.2) is 0 Å². The highest BCUT2D eigenvalue weighted by Gasteiger charge is 2.21. The van der Waals surface area contributed by atoms with Gasteiger partial charge in [-0.2, -0.15) is 0 Å². The molecule has 2 saturated carbocycles. The average molecular weight is 242 g/mol. The molecule has 0 radical (unpaired) electrons. The van der Waals surface area contributed by atoms with Crippen molar-refractivity contribution in [1.82, 2.24) is 10.6 Å². The Labute approximate surface area is 103 Å². The minimum Gasteiger partial charge on any atom is -0.376 e. The largest absolute Gasteiger partial charge is 0.376 e. The SMILES string of the molecule is S=C(NCCOC1CCCCC1)NC1CC1. The summed E-state index contributed by atoms with van der Waals surface area (Å²) in [5.41, 5.74) is 0. The third-order valence-corrected chi connectivity index (χ3v) is 3.47. The molecule has 4 heteroatoms. The van der Waals surface area contributed by atoms with Crippen molar-refractivity contribution < 1.29 is 4.74 Å². The lowest BCUT2D eigenvalue weighted by atomic mass is 9.98. The van der Waals surface area contributed by atoms with E-state index in [0.29, 0.717) is 12.1 Å². The van der Waals surface area contributed by atoms with E-state index in [9.17, 15) is 0 Å². The van der Waals surface area contributed by atoms with Crippen molar-refractivity contribution in [3.63, 3.8) is 0 Å². The van der Waals surface area contributed by atoms with E-state index in [2.05, 4.69) is 10.6 Å². The van der Waals surface area contributed by atoms with Gasteiger partial charge in [-0.1, -0.05) is 19.3 Å². The third kappa shape index (κ3) is 4.66. The number of rotatable bonds is 5. The number of thiocarbonyl (C=S) groups is 1. The minimum absolute atomic E-state index is 0.500. The number of hydrogen-bond donors (Lipinski definition) is 2. The van der Waals surface area contributed by atoms with Gasteiger partial charge in [-0.25, -0.2) is 0 Å². The summed E-state index contributed by atoms with van der Waals surface area (Å²) in [7, 11) is 0. The first-order chi connectivity index (χ1) is 7.84. The van der Waals surface area contributed by atoms with Crippen LogP contribution in [0.3, 0.4) is 0 Å². The second kappa shape index (κ2) is 6.40. The van der Waals surface area contributed by atoms with Crippen LogP contribution in [-0.4, -0.2) is 30.4 Å². The molecule has 2 aliphatic rings. The third-order valence-electron chi connectivity index (χ3n) is 3.21. The van der Waals surface area contributed by atoms with Crippen LogP contribution in [0.25, 0.3) is 0 Å². The molecule has 0 unspecified atom stereocenters. The van der Waals surface area contributed by atoms with Gasteiger partial charge in [0.15, 0.2) is 5.11 Å². The van der Waals surface area contributed by atoms with E-state index < -0.39 is 0 Å². The second-order valence-electron chi connectivity index (χ2n) is 4.81. The zero-order chi connectivity index (χ0) is 11.2. The monoisotopic (exact) mass is 242 g/mol. The molecule has 0 saturated heterocycles. The van der Waals surface area contributed by atoms with Crippen molar-refractivity contribution in [1.29, 1.82) is 0 Å². The van der Waals surface area contributed by atoms with Crippen molar-refractivity contribution in [2.45, 2.75) is 57.1 Å². The first-order valence-electron chi connectivity index (χ1n) is 6.50. The molecule has 0 aromatic heterocycles. The molecule has 0 aromatic rings. The first kappa shape index (κ1) is 12.1. The zero-order valence-electron chi connectivity index (χ0n) is 9.84. The molecule has 0 bridgehead atoms. The Balaban J connectivity index is 1.45. The number of nitrogens with one attached hydrogen (secondary N) is 2. The normalized spacial score (nSPS) is 21.8. The predicted molar refractivity (Wildman–Crippen MR) is 69.6 cm³/mol. The lowest BCUT2D eigenvalue weighted by molar-refractivity contribution is 0.0318. The Bertz CT molecular complexity index is 225. The van der Waals surface area contributed by atoms with Crippen molar-refractivity contribution in [3.8, 4) is 0 Å². The van der Waals surface area contributed by atoms with E-state index in [1.165, 1.54) is 44.9 Å². The van der Waals surface area contributed by atoms with Crippen molar-refractivity contribution in [2.24, 2.45) is 0 Å². The van der Waals surface area contributed by atoms with Gasteiger partial charge in [0.25, 0.3) is 0 Å². The van der Waals surface area contributed by atoms with E-state index in [1.54, 1.807) is 0 Å². The van der Waals surface area contributed by atoms with Crippen molar-refractivity contribution in [3.05, 3.63) is 0 Å². The average Bonchev–Trinajstić information content (AvgIpc) is 3.10. The summed E-state index contributed by atoms with van der Waals surface area (Å²) >= 11 is 5.16. The van der Waals surface area contributed by atoms with Crippen LogP contribution < -0.4 is 10.6 Å². The van der Waals surface area contributed by atoms with Gasteiger partial charge in [-0.05, 0) is 37.9 Å². The van der Waals surface area contributed by atoms with Crippen molar-refractivity contribution in [2.75, 3.05) is 13.2 Å². The van der Waals surface area contributed by atoms with Crippen molar-refractivity contribution >= 4 is 17.3 Å². The molecule has 2 N–H and O–H groups in total. The van der Waals surface area contributed by atoms with E-state index in [4.69, 9.17) is 17.0 Å². The Hall–Kier alpha value is -0.350. The topological polar surface area (TPSA) is 33.3 Å². The summed E-state index contributed by atoms with van der Waals surface area (Å²) in [6.07, 6.45) is 9.56. The predicted octanol–water partition coefficient (Wildman–Crippen LogP) is 1.96. The summed E-state index contributed by atoms with van der Waals surface area (Å²) in [6.45, 7) is 1.60. The molecule has 16 heavy (non-hydrogen) atoms. The molecule has 2 rings (SSSR count). The van der Waals surface area contributed by atoms with Crippen LogP contribution in [0, 0.1) is 0 Å². The fourth-order valence-electron chi connectivity index (χ4n) is 2.09. The van der Waals surface area contributed by atoms with Crippen LogP contribution in [0.1, 0.15) is 44.9 Å². The highest BCUT2D eigenvalue weighted by molar-refractivity contribution is 7.80. The maximum absolute atomic E-state index is 5.80. The van der Waals surface area contributed by atoms with Gasteiger partial charge >= 0.3 is 0 Å². The van der Waals surface area contributed by atoms with Gasteiger partial charge in [-0.15, -0.1) is 0 Å². The molecule has 3 nitrogen and oxygen atoms in total. The standard InChI is InChI=1S/C12H22N2OS/c16-12(14-10-6-7-10)13-8-9-15-11-4-2-1-3-5-11/h10-11H,1-9H2,(H2,13,14,16). The summed E-state index contributed by atoms with van der Waals surface area (Å²) < 4.78 is 5.80. The number of hydrogen-bond acceptors (Lipinski definition) is 2. The van der Waals surface area contributed by atoms with E-state index >= 15 is 0 Å². The molecule has 0 atom stereocenters. The summed E-state index contributed by atoms with van der Waals surface area (Å²) in [5.74, 6) is 0. The second-order valence-corrected chi connectivity index (χ2v) is 5.21. The van der Waals surface area contributed by atoms with Crippen LogP contribution in [0.4, 0.5) is 0 Å². The Morgan fingerprint density at radius 2 is 1.88 bits per heavy atom. The van der Waals surface area contributed by atoms with Crippen LogP contribution in [0.5, 0.6) is 0 Å². The van der Waals surface area contributed by atoms with Crippen LogP contribution in [-0.2, 0) is 4.74 Å². The highest BCUT2D eigenvalue weighted by Crippen LogP contribution is 2.20. The van der Waals surface area contributed by atoms with E-state index in [-0.39, 0.29) is 0 Å². The van der Waals surface area contributed by atoms with Gasteiger partial charge < -0.3 is 15.4 Å². The molecular weight excluding hydrogens is 220 g/mol. The fraction of sp³-hybridized carbons (Fsp3) is 0.917.